The Hall–Kier alpha value is -1.29. The van der Waals surface area contributed by atoms with Crippen molar-refractivity contribution in [1.82, 2.24) is 0 Å². The number of aryl methyl sites for hydroxylation is 1. The highest BCUT2D eigenvalue weighted by atomic mass is 14.3. The van der Waals surface area contributed by atoms with Crippen molar-refractivity contribution in [2.45, 2.75) is 46.5 Å². The first-order chi connectivity index (χ1) is 7.15. The van der Waals surface area contributed by atoms with Crippen LogP contribution in [0.25, 0.3) is 0 Å². The van der Waals surface area contributed by atoms with Gasteiger partial charge in [-0.05, 0) is 48.9 Å². The van der Waals surface area contributed by atoms with E-state index < -0.39 is 0 Å². The van der Waals surface area contributed by atoms with E-state index in [0.717, 1.165) is 12.8 Å². The van der Waals surface area contributed by atoms with Crippen molar-refractivity contribution in [3.8, 4) is 6.07 Å². The summed E-state index contributed by atoms with van der Waals surface area (Å²) in [5.41, 5.74) is 5.24. The lowest BCUT2D eigenvalue weighted by atomic mass is 9.89. The van der Waals surface area contributed by atoms with Gasteiger partial charge in [0.05, 0.1) is 12.0 Å². The Morgan fingerprint density at radius 3 is 2.33 bits per heavy atom. The SMILES string of the molecule is CCc1ccc(C(C#N)CC)c(C)c1C. The molecule has 0 aliphatic carbocycles. The fourth-order valence-corrected chi connectivity index (χ4v) is 2.04. The van der Waals surface area contributed by atoms with Gasteiger partial charge in [0.25, 0.3) is 0 Å². The van der Waals surface area contributed by atoms with Crippen LogP contribution in [-0.4, -0.2) is 0 Å². The van der Waals surface area contributed by atoms with Crippen molar-refractivity contribution in [2.75, 3.05) is 0 Å². The Balaban J connectivity index is 3.23. The number of nitriles is 1. The average Bonchev–Trinajstić information content (AvgIpc) is 2.26. The highest BCUT2D eigenvalue weighted by Crippen LogP contribution is 2.26. The van der Waals surface area contributed by atoms with Crippen LogP contribution in [0.15, 0.2) is 12.1 Å². The first kappa shape index (κ1) is 11.8. The van der Waals surface area contributed by atoms with Gasteiger partial charge in [-0.2, -0.15) is 5.26 Å². The maximum atomic E-state index is 9.07. The first-order valence-electron chi connectivity index (χ1n) is 5.64. The Bertz CT molecular complexity index is 385. The number of rotatable bonds is 3. The predicted molar refractivity (Wildman–Crippen MR) is 63.9 cm³/mol. The van der Waals surface area contributed by atoms with E-state index in [-0.39, 0.29) is 5.92 Å². The second-order valence-electron chi connectivity index (χ2n) is 4.01. The van der Waals surface area contributed by atoms with Crippen LogP contribution in [-0.2, 0) is 6.42 Å². The lowest BCUT2D eigenvalue weighted by Crippen LogP contribution is -2.01. The molecule has 1 unspecified atom stereocenters. The second kappa shape index (κ2) is 4.98. The van der Waals surface area contributed by atoms with Crippen LogP contribution in [0.2, 0.25) is 0 Å². The van der Waals surface area contributed by atoms with Gasteiger partial charge >= 0.3 is 0 Å². The molecule has 1 aromatic carbocycles. The molecule has 0 radical (unpaired) electrons. The van der Waals surface area contributed by atoms with Crippen LogP contribution in [0.5, 0.6) is 0 Å². The Morgan fingerprint density at radius 2 is 1.87 bits per heavy atom. The van der Waals surface area contributed by atoms with Crippen molar-refractivity contribution in [2.24, 2.45) is 0 Å². The third-order valence-electron chi connectivity index (χ3n) is 3.26. The van der Waals surface area contributed by atoms with E-state index in [2.05, 4.69) is 45.9 Å². The van der Waals surface area contributed by atoms with Gasteiger partial charge in [-0.15, -0.1) is 0 Å². The Morgan fingerprint density at radius 1 is 1.20 bits per heavy atom. The van der Waals surface area contributed by atoms with Gasteiger partial charge in [-0.25, -0.2) is 0 Å². The highest BCUT2D eigenvalue weighted by molar-refractivity contribution is 5.42. The molecule has 15 heavy (non-hydrogen) atoms. The zero-order valence-corrected chi connectivity index (χ0v) is 10.1. The van der Waals surface area contributed by atoms with Crippen LogP contribution in [0.4, 0.5) is 0 Å². The minimum atomic E-state index is 0.0506. The minimum Gasteiger partial charge on any atom is -0.198 e. The standard InChI is InChI=1S/C14H19N/c1-5-12-7-8-14(11(4)10(12)3)13(6-2)9-15/h7-8,13H,5-6H2,1-4H3. The Kier molecular flexibility index (Phi) is 3.91. The largest absolute Gasteiger partial charge is 0.198 e. The lowest BCUT2D eigenvalue weighted by molar-refractivity contribution is 0.808. The summed E-state index contributed by atoms with van der Waals surface area (Å²) in [4.78, 5) is 0. The van der Waals surface area contributed by atoms with E-state index in [1.165, 1.54) is 22.3 Å². The number of nitrogens with zero attached hydrogens (tertiary/aromatic N) is 1. The molecule has 0 saturated heterocycles. The topological polar surface area (TPSA) is 23.8 Å². The maximum absolute atomic E-state index is 9.07. The fourth-order valence-electron chi connectivity index (χ4n) is 2.04. The van der Waals surface area contributed by atoms with Gasteiger partial charge < -0.3 is 0 Å². The van der Waals surface area contributed by atoms with E-state index in [9.17, 15) is 0 Å². The van der Waals surface area contributed by atoms with E-state index in [4.69, 9.17) is 5.26 Å². The highest BCUT2D eigenvalue weighted by Gasteiger charge is 2.13. The zero-order chi connectivity index (χ0) is 11.4. The van der Waals surface area contributed by atoms with Gasteiger partial charge in [-0.1, -0.05) is 26.0 Å². The lowest BCUT2D eigenvalue weighted by Gasteiger charge is -2.15. The molecule has 1 aromatic rings. The van der Waals surface area contributed by atoms with Crippen LogP contribution in [0, 0.1) is 25.2 Å². The molecule has 0 fully saturated rings. The average molecular weight is 201 g/mol. The first-order valence-corrected chi connectivity index (χ1v) is 5.64. The number of hydrogen-bond acceptors (Lipinski definition) is 1. The summed E-state index contributed by atoms with van der Waals surface area (Å²) in [6.07, 6.45) is 1.96. The van der Waals surface area contributed by atoms with Crippen molar-refractivity contribution in [3.05, 3.63) is 34.4 Å². The summed E-state index contributed by atoms with van der Waals surface area (Å²) in [6, 6.07) is 6.66. The minimum absolute atomic E-state index is 0.0506. The van der Waals surface area contributed by atoms with Crippen LogP contribution in [0.1, 0.15) is 48.4 Å². The van der Waals surface area contributed by atoms with Crippen LogP contribution in [0.3, 0.4) is 0 Å². The smallest absolute Gasteiger partial charge is 0.0712 e. The molecule has 0 aromatic heterocycles. The second-order valence-corrected chi connectivity index (χ2v) is 4.01. The number of hydrogen-bond donors (Lipinski definition) is 0. The van der Waals surface area contributed by atoms with Gasteiger partial charge in [0, 0.05) is 0 Å². The molecule has 0 amide bonds. The molecule has 1 rings (SSSR count). The molecule has 0 N–H and O–H groups in total. The van der Waals surface area contributed by atoms with Crippen molar-refractivity contribution < 1.29 is 0 Å². The van der Waals surface area contributed by atoms with Crippen LogP contribution < -0.4 is 0 Å². The molecule has 1 heteroatoms. The molecular formula is C14H19N. The normalized spacial score (nSPS) is 12.2. The van der Waals surface area contributed by atoms with Gasteiger partial charge in [0.2, 0.25) is 0 Å². The van der Waals surface area contributed by atoms with Gasteiger partial charge in [0.1, 0.15) is 0 Å². The molecule has 0 spiro atoms. The molecule has 0 saturated carbocycles. The maximum Gasteiger partial charge on any atom is 0.0712 e. The summed E-state index contributed by atoms with van der Waals surface area (Å²) in [5.74, 6) is 0.0506. The number of benzene rings is 1. The van der Waals surface area contributed by atoms with Crippen molar-refractivity contribution >= 4 is 0 Å². The van der Waals surface area contributed by atoms with E-state index in [1.807, 2.05) is 0 Å². The van der Waals surface area contributed by atoms with E-state index in [0.29, 0.717) is 0 Å². The molecular weight excluding hydrogens is 182 g/mol. The van der Waals surface area contributed by atoms with Crippen molar-refractivity contribution in [3.63, 3.8) is 0 Å². The van der Waals surface area contributed by atoms with E-state index in [1.54, 1.807) is 0 Å². The molecule has 0 aliphatic heterocycles. The Labute approximate surface area is 92.7 Å². The van der Waals surface area contributed by atoms with E-state index >= 15 is 0 Å². The molecule has 1 nitrogen and oxygen atoms in total. The third kappa shape index (κ3) is 2.21. The van der Waals surface area contributed by atoms with Crippen LogP contribution >= 0.6 is 0 Å². The summed E-state index contributed by atoms with van der Waals surface area (Å²) in [7, 11) is 0. The monoisotopic (exact) mass is 201 g/mol. The summed E-state index contributed by atoms with van der Waals surface area (Å²) in [6.45, 7) is 8.52. The summed E-state index contributed by atoms with van der Waals surface area (Å²) < 4.78 is 0. The van der Waals surface area contributed by atoms with Crippen molar-refractivity contribution in [1.29, 1.82) is 5.26 Å². The zero-order valence-electron chi connectivity index (χ0n) is 10.1. The quantitative estimate of drug-likeness (QED) is 0.728. The molecule has 0 heterocycles. The molecule has 80 valence electrons. The van der Waals surface area contributed by atoms with Gasteiger partial charge in [0.15, 0.2) is 0 Å². The summed E-state index contributed by atoms with van der Waals surface area (Å²) >= 11 is 0. The summed E-state index contributed by atoms with van der Waals surface area (Å²) in [5, 5.41) is 9.07. The molecule has 1 atom stereocenters. The van der Waals surface area contributed by atoms with Gasteiger partial charge in [-0.3, -0.25) is 0 Å². The fraction of sp³-hybridized carbons (Fsp3) is 0.500. The molecule has 0 bridgehead atoms. The predicted octanol–water partition coefficient (Wildman–Crippen LogP) is 3.88. The third-order valence-corrected chi connectivity index (χ3v) is 3.26. The molecule has 0 aliphatic rings.